The third-order valence-electron chi connectivity index (χ3n) is 6.01. The lowest BCUT2D eigenvalue weighted by atomic mass is 10.1. The van der Waals surface area contributed by atoms with Crippen LogP contribution in [0.2, 0.25) is 0 Å². The first kappa shape index (κ1) is 22.7. The molecule has 2 saturated heterocycles. The van der Waals surface area contributed by atoms with E-state index in [1.54, 1.807) is 4.90 Å². The molecule has 2 fully saturated rings. The summed E-state index contributed by atoms with van der Waals surface area (Å²) in [6.07, 6.45) is 0.205. The monoisotopic (exact) mass is 453 g/mol. The summed E-state index contributed by atoms with van der Waals surface area (Å²) in [6.45, 7) is 8.02. The summed E-state index contributed by atoms with van der Waals surface area (Å²) in [5.41, 5.74) is 3.85. The van der Waals surface area contributed by atoms with E-state index >= 15 is 0 Å². The SMILES string of the molecule is CCOc1ccccc1N1CC(C(=O)Nc2ccc(CN3CCSCC3)cc2C)CC1=O. The summed E-state index contributed by atoms with van der Waals surface area (Å²) in [7, 11) is 0. The zero-order chi connectivity index (χ0) is 22.5. The predicted octanol–water partition coefficient (Wildman–Crippen LogP) is 3.93. The predicted molar refractivity (Wildman–Crippen MR) is 130 cm³/mol. The molecule has 2 heterocycles. The van der Waals surface area contributed by atoms with Gasteiger partial charge >= 0.3 is 0 Å². The van der Waals surface area contributed by atoms with Gasteiger partial charge in [0, 0.05) is 49.8 Å². The first-order valence-corrected chi connectivity index (χ1v) is 12.4. The second kappa shape index (κ2) is 10.4. The van der Waals surface area contributed by atoms with Gasteiger partial charge in [0.2, 0.25) is 11.8 Å². The summed E-state index contributed by atoms with van der Waals surface area (Å²) in [6, 6.07) is 13.7. The fraction of sp³-hybridized carbons (Fsp3) is 0.440. The van der Waals surface area contributed by atoms with Crippen molar-refractivity contribution >= 4 is 35.0 Å². The molecule has 0 aliphatic carbocycles. The van der Waals surface area contributed by atoms with Gasteiger partial charge in [-0.25, -0.2) is 0 Å². The Morgan fingerprint density at radius 2 is 1.97 bits per heavy atom. The van der Waals surface area contributed by atoms with E-state index in [2.05, 4.69) is 22.3 Å². The van der Waals surface area contributed by atoms with E-state index in [1.165, 1.54) is 17.1 Å². The van der Waals surface area contributed by atoms with Crippen molar-refractivity contribution in [2.45, 2.75) is 26.8 Å². The number of aryl methyl sites for hydroxylation is 1. The van der Waals surface area contributed by atoms with Gasteiger partial charge in [0.15, 0.2) is 0 Å². The van der Waals surface area contributed by atoms with Crippen molar-refractivity contribution < 1.29 is 14.3 Å². The van der Waals surface area contributed by atoms with Crippen molar-refractivity contribution in [1.29, 1.82) is 0 Å². The number of nitrogens with one attached hydrogen (secondary N) is 1. The average Bonchev–Trinajstić information content (AvgIpc) is 3.18. The molecule has 4 rings (SSSR count). The van der Waals surface area contributed by atoms with Gasteiger partial charge < -0.3 is 15.0 Å². The molecule has 2 aromatic carbocycles. The van der Waals surface area contributed by atoms with Gasteiger partial charge in [0.25, 0.3) is 0 Å². The Morgan fingerprint density at radius 3 is 2.72 bits per heavy atom. The van der Waals surface area contributed by atoms with Crippen LogP contribution in [0.3, 0.4) is 0 Å². The van der Waals surface area contributed by atoms with E-state index in [4.69, 9.17) is 4.74 Å². The van der Waals surface area contributed by atoms with Crippen LogP contribution in [0.5, 0.6) is 5.75 Å². The van der Waals surface area contributed by atoms with Crippen LogP contribution < -0.4 is 15.0 Å². The molecule has 1 N–H and O–H groups in total. The molecule has 0 radical (unpaired) electrons. The quantitative estimate of drug-likeness (QED) is 0.688. The lowest BCUT2D eigenvalue weighted by Crippen LogP contribution is -2.32. The minimum atomic E-state index is -0.387. The summed E-state index contributed by atoms with van der Waals surface area (Å²) in [5, 5.41) is 3.05. The van der Waals surface area contributed by atoms with Gasteiger partial charge in [-0.2, -0.15) is 11.8 Å². The molecule has 1 unspecified atom stereocenters. The normalized spacial score (nSPS) is 19.2. The van der Waals surface area contributed by atoms with E-state index in [-0.39, 0.29) is 24.2 Å². The average molecular weight is 454 g/mol. The first-order chi connectivity index (χ1) is 15.5. The van der Waals surface area contributed by atoms with Crippen LogP contribution in [0, 0.1) is 12.8 Å². The van der Waals surface area contributed by atoms with E-state index in [1.807, 2.05) is 55.9 Å². The Balaban J connectivity index is 1.39. The minimum Gasteiger partial charge on any atom is -0.492 e. The topological polar surface area (TPSA) is 61.9 Å². The number of carbonyl (C=O) groups excluding carboxylic acids is 2. The Hall–Kier alpha value is -2.51. The molecule has 0 bridgehead atoms. The highest BCUT2D eigenvalue weighted by molar-refractivity contribution is 7.99. The van der Waals surface area contributed by atoms with Crippen LogP contribution in [-0.4, -0.2) is 54.5 Å². The Morgan fingerprint density at radius 1 is 1.19 bits per heavy atom. The number of benzene rings is 2. The number of anilines is 2. The van der Waals surface area contributed by atoms with Gasteiger partial charge in [0.1, 0.15) is 5.75 Å². The number of amides is 2. The third-order valence-corrected chi connectivity index (χ3v) is 6.95. The summed E-state index contributed by atoms with van der Waals surface area (Å²) in [4.78, 5) is 29.8. The van der Waals surface area contributed by atoms with Gasteiger partial charge in [-0.15, -0.1) is 0 Å². The van der Waals surface area contributed by atoms with Crippen LogP contribution >= 0.6 is 11.8 Å². The highest BCUT2D eigenvalue weighted by atomic mass is 32.2. The largest absolute Gasteiger partial charge is 0.492 e. The number of ether oxygens (including phenoxy) is 1. The molecule has 2 amide bonds. The van der Waals surface area contributed by atoms with Crippen LogP contribution in [0.4, 0.5) is 11.4 Å². The molecule has 2 aliphatic rings. The minimum absolute atomic E-state index is 0.0518. The Bertz CT molecular complexity index is 975. The van der Waals surface area contributed by atoms with E-state index in [0.717, 1.165) is 36.6 Å². The fourth-order valence-corrected chi connectivity index (χ4v) is 5.27. The maximum absolute atomic E-state index is 13.0. The van der Waals surface area contributed by atoms with Crippen molar-refractivity contribution in [2.75, 3.05) is 48.0 Å². The van der Waals surface area contributed by atoms with E-state index in [0.29, 0.717) is 18.9 Å². The summed E-state index contributed by atoms with van der Waals surface area (Å²) >= 11 is 2.01. The molecule has 6 nitrogen and oxygen atoms in total. The lowest BCUT2D eigenvalue weighted by molar-refractivity contribution is -0.122. The summed E-state index contributed by atoms with van der Waals surface area (Å²) < 4.78 is 5.67. The van der Waals surface area contributed by atoms with Crippen molar-refractivity contribution in [3.05, 3.63) is 53.6 Å². The van der Waals surface area contributed by atoms with Gasteiger partial charge in [-0.1, -0.05) is 24.3 Å². The number of para-hydroxylation sites is 2. The van der Waals surface area contributed by atoms with Crippen molar-refractivity contribution in [3.63, 3.8) is 0 Å². The molecular weight excluding hydrogens is 422 g/mol. The number of rotatable bonds is 7. The van der Waals surface area contributed by atoms with Gasteiger partial charge in [0.05, 0.1) is 18.2 Å². The van der Waals surface area contributed by atoms with Crippen LogP contribution in [0.25, 0.3) is 0 Å². The fourth-order valence-electron chi connectivity index (χ4n) is 4.29. The smallest absolute Gasteiger partial charge is 0.229 e. The molecular formula is C25H31N3O3S. The molecule has 170 valence electrons. The molecule has 0 aromatic heterocycles. The zero-order valence-corrected chi connectivity index (χ0v) is 19.6. The molecule has 0 spiro atoms. The highest BCUT2D eigenvalue weighted by Crippen LogP contribution is 2.33. The summed E-state index contributed by atoms with van der Waals surface area (Å²) in [5.74, 6) is 2.51. The molecule has 2 aromatic rings. The number of nitrogens with zero attached hydrogens (tertiary/aromatic N) is 2. The standard InChI is InChI=1S/C25H31N3O3S/c1-3-31-23-7-5-4-6-22(23)28-17-20(15-24(28)29)25(30)26-21-9-8-19(14-18(21)2)16-27-10-12-32-13-11-27/h4-9,14,20H,3,10-13,15-17H2,1-2H3,(H,26,30). The number of hydrogen-bond donors (Lipinski definition) is 1. The Labute approximate surface area is 194 Å². The number of thioether (sulfide) groups is 1. The third kappa shape index (κ3) is 5.27. The van der Waals surface area contributed by atoms with Crippen LogP contribution in [0.15, 0.2) is 42.5 Å². The molecule has 2 aliphatic heterocycles. The van der Waals surface area contributed by atoms with Gasteiger partial charge in [-0.05, 0) is 43.2 Å². The number of carbonyl (C=O) groups is 2. The molecule has 32 heavy (non-hydrogen) atoms. The van der Waals surface area contributed by atoms with Crippen molar-refractivity contribution in [1.82, 2.24) is 4.90 Å². The zero-order valence-electron chi connectivity index (χ0n) is 18.8. The maximum atomic E-state index is 13.0. The maximum Gasteiger partial charge on any atom is 0.229 e. The Kier molecular flexibility index (Phi) is 7.37. The molecule has 0 saturated carbocycles. The van der Waals surface area contributed by atoms with Crippen molar-refractivity contribution in [2.24, 2.45) is 5.92 Å². The van der Waals surface area contributed by atoms with Crippen LogP contribution in [-0.2, 0) is 16.1 Å². The van der Waals surface area contributed by atoms with E-state index in [9.17, 15) is 9.59 Å². The molecule has 7 heteroatoms. The first-order valence-electron chi connectivity index (χ1n) is 11.3. The van der Waals surface area contributed by atoms with Gasteiger partial charge in [-0.3, -0.25) is 14.5 Å². The molecule has 1 atom stereocenters. The number of hydrogen-bond acceptors (Lipinski definition) is 5. The van der Waals surface area contributed by atoms with E-state index < -0.39 is 0 Å². The van der Waals surface area contributed by atoms with Crippen LogP contribution in [0.1, 0.15) is 24.5 Å². The second-order valence-corrected chi connectivity index (χ2v) is 9.56. The lowest BCUT2D eigenvalue weighted by Gasteiger charge is -2.26. The highest BCUT2D eigenvalue weighted by Gasteiger charge is 2.36. The second-order valence-electron chi connectivity index (χ2n) is 8.33. The van der Waals surface area contributed by atoms with Crippen molar-refractivity contribution in [3.8, 4) is 5.75 Å².